The van der Waals surface area contributed by atoms with Gasteiger partial charge in [-0.05, 0) is 27.4 Å². The molecule has 0 aromatic carbocycles. The summed E-state index contributed by atoms with van der Waals surface area (Å²) in [5.41, 5.74) is 0. The Morgan fingerprint density at radius 1 is 1.50 bits per heavy atom. The monoisotopic (exact) mass is 180 g/mol. The summed E-state index contributed by atoms with van der Waals surface area (Å²) in [6.07, 6.45) is 1.23. The van der Waals surface area contributed by atoms with Gasteiger partial charge in [0, 0.05) is 12.6 Å². The van der Waals surface area contributed by atoms with Gasteiger partial charge in [0.05, 0.1) is 0 Å². The summed E-state index contributed by atoms with van der Waals surface area (Å²) in [6.45, 7) is 3.37. The molecule has 1 fully saturated rings. The Hall–Kier alpha value is 0.640. The lowest BCUT2D eigenvalue weighted by Crippen LogP contribution is -2.36. The molecule has 1 saturated heterocycles. The largest absolute Gasteiger partial charge is 0.260 e. The number of hydrogen-bond acceptors (Lipinski definition) is 2. The topological polar surface area (TPSA) is 6.48 Å². The van der Waals surface area contributed by atoms with E-state index < -0.39 is 7.58 Å². The third-order valence-corrected chi connectivity index (χ3v) is 5.22. The van der Waals surface area contributed by atoms with Crippen LogP contribution < -0.4 is 0 Å². The van der Waals surface area contributed by atoms with Crippen molar-refractivity contribution in [1.82, 2.24) is 9.34 Å². The molecule has 0 amide bonds. The zero-order valence-corrected chi connectivity index (χ0v) is 8.36. The Labute approximate surface area is 68.8 Å². The third-order valence-electron chi connectivity index (χ3n) is 2.05. The van der Waals surface area contributed by atoms with Crippen LogP contribution in [0.1, 0.15) is 13.3 Å². The van der Waals surface area contributed by atoms with Crippen molar-refractivity contribution >= 4 is 18.8 Å². The van der Waals surface area contributed by atoms with Crippen LogP contribution in [0.15, 0.2) is 0 Å². The van der Waals surface area contributed by atoms with E-state index in [-0.39, 0.29) is 0 Å². The fraction of sp³-hybridized carbons (Fsp3) is 1.00. The van der Waals surface area contributed by atoms with Crippen LogP contribution in [0.5, 0.6) is 0 Å². The van der Waals surface area contributed by atoms with Crippen LogP contribution in [0.2, 0.25) is 0 Å². The van der Waals surface area contributed by atoms with Gasteiger partial charge < -0.3 is 0 Å². The lowest BCUT2D eigenvalue weighted by atomic mass is 10.2. The van der Waals surface area contributed by atoms with E-state index in [0.29, 0.717) is 6.04 Å². The van der Waals surface area contributed by atoms with Gasteiger partial charge in [0.2, 0.25) is 0 Å². The van der Waals surface area contributed by atoms with Crippen LogP contribution in [0.4, 0.5) is 0 Å². The van der Waals surface area contributed by atoms with Gasteiger partial charge in [-0.1, -0.05) is 11.2 Å². The van der Waals surface area contributed by atoms with Crippen LogP contribution in [0.25, 0.3) is 0 Å². The minimum atomic E-state index is -0.515. The Balaban J connectivity index is 2.52. The lowest BCUT2D eigenvalue weighted by Gasteiger charge is -2.39. The summed E-state index contributed by atoms with van der Waals surface area (Å²) in [4.78, 5) is 0. The molecule has 0 aromatic rings. The normalized spacial score (nSPS) is 38.4. The first-order chi connectivity index (χ1) is 4.63. The summed E-state index contributed by atoms with van der Waals surface area (Å²) in [5, 5.41) is 0. The maximum absolute atomic E-state index is 6.13. The molecule has 10 heavy (non-hydrogen) atoms. The molecule has 4 heteroatoms. The van der Waals surface area contributed by atoms with Gasteiger partial charge in [-0.25, -0.2) is 0 Å². The quantitative estimate of drug-likeness (QED) is 0.527. The molecule has 1 aliphatic rings. The van der Waals surface area contributed by atoms with Crippen molar-refractivity contribution in [3.05, 3.63) is 0 Å². The molecule has 60 valence electrons. The Bertz CT molecular complexity index is 108. The molecule has 1 rings (SSSR count). The second-order valence-electron chi connectivity index (χ2n) is 2.83. The van der Waals surface area contributed by atoms with Crippen molar-refractivity contribution in [2.45, 2.75) is 19.4 Å². The number of rotatable bonds is 0. The molecule has 0 aromatic heterocycles. The average molecular weight is 181 g/mol. The Morgan fingerprint density at radius 3 is 2.60 bits per heavy atom. The fourth-order valence-corrected chi connectivity index (χ4v) is 2.92. The van der Waals surface area contributed by atoms with E-state index in [1.165, 1.54) is 6.42 Å². The third kappa shape index (κ3) is 1.62. The molecule has 2 nitrogen and oxygen atoms in total. The van der Waals surface area contributed by atoms with E-state index in [4.69, 9.17) is 11.2 Å². The molecule has 0 bridgehead atoms. The number of hydrogen-bond donors (Lipinski definition) is 0. The standard InChI is InChI=1S/C6H14ClN2P/c1-6-4-5-8(2)10(7)9(6)3/h6H,4-5H2,1-3H3. The molecule has 0 saturated carbocycles. The predicted octanol–water partition coefficient (Wildman–Crippen LogP) is 2.11. The summed E-state index contributed by atoms with van der Waals surface area (Å²) >= 11 is 6.13. The highest BCUT2D eigenvalue weighted by Crippen LogP contribution is 2.51. The minimum absolute atomic E-state index is 0.515. The van der Waals surface area contributed by atoms with Gasteiger partial charge in [-0.2, -0.15) is 0 Å². The predicted molar refractivity (Wildman–Crippen MR) is 47.2 cm³/mol. The molecule has 2 atom stereocenters. The second-order valence-corrected chi connectivity index (χ2v) is 5.54. The first kappa shape index (κ1) is 8.73. The molecule has 1 heterocycles. The van der Waals surface area contributed by atoms with Crippen molar-refractivity contribution in [3.63, 3.8) is 0 Å². The minimum Gasteiger partial charge on any atom is -0.260 e. The highest BCUT2D eigenvalue weighted by atomic mass is 35.7. The molecule has 0 radical (unpaired) electrons. The van der Waals surface area contributed by atoms with E-state index in [1.807, 2.05) is 0 Å². The van der Waals surface area contributed by atoms with Gasteiger partial charge in [0.15, 0.2) is 0 Å². The van der Waals surface area contributed by atoms with Gasteiger partial charge >= 0.3 is 0 Å². The highest BCUT2D eigenvalue weighted by Gasteiger charge is 2.26. The molecule has 0 aliphatic carbocycles. The van der Waals surface area contributed by atoms with Gasteiger partial charge in [0.25, 0.3) is 0 Å². The molecular weight excluding hydrogens is 167 g/mol. The molecule has 0 spiro atoms. The fourth-order valence-electron chi connectivity index (χ4n) is 1.05. The SMILES string of the molecule is CC1CCN(C)P(Cl)N1C. The summed E-state index contributed by atoms with van der Waals surface area (Å²) < 4.78 is 4.47. The van der Waals surface area contributed by atoms with Crippen molar-refractivity contribution in [3.8, 4) is 0 Å². The van der Waals surface area contributed by atoms with Crippen LogP contribution in [0.3, 0.4) is 0 Å². The van der Waals surface area contributed by atoms with Crippen LogP contribution >= 0.6 is 18.8 Å². The summed E-state index contributed by atoms with van der Waals surface area (Å²) in [6, 6.07) is 0.653. The van der Waals surface area contributed by atoms with Crippen LogP contribution in [-0.4, -0.2) is 36.0 Å². The molecule has 2 unspecified atom stereocenters. The van der Waals surface area contributed by atoms with Crippen LogP contribution in [-0.2, 0) is 0 Å². The average Bonchev–Trinajstić information content (AvgIpc) is 1.93. The van der Waals surface area contributed by atoms with E-state index >= 15 is 0 Å². The molecular formula is C6H14ClN2P. The second kappa shape index (κ2) is 3.36. The Kier molecular flexibility index (Phi) is 2.93. The molecule has 1 aliphatic heterocycles. The van der Waals surface area contributed by atoms with Crippen molar-refractivity contribution in [2.24, 2.45) is 0 Å². The van der Waals surface area contributed by atoms with Crippen molar-refractivity contribution in [1.29, 1.82) is 0 Å². The summed E-state index contributed by atoms with van der Waals surface area (Å²) in [7, 11) is 3.67. The number of nitrogens with zero attached hydrogens (tertiary/aromatic N) is 2. The lowest BCUT2D eigenvalue weighted by molar-refractivity contribution is 0.314. The summed E-state index contributed by atoms with van der Waals surface area (Å²) in [5.74, 6) is 0. The first-order valence-corrected chi connectivity index (χ1v) is 5.68. The van der Waals surface area contributed by atoms with Crippen molar-refractivity contribution in [2.75, 3.05) is 20.6 Å². The van der Waals surface area contributed by atoms with E-state index in [9.17, 15) is 0 Å². The van der Waals surface area contributed by atoms with Gasteiger partial charge in [0.1, 0.15) is 7.58 Å². The van der Waals surface area contributed by atoms with Crippen molar-refractivity contribution < 1.29 is 0 Å². The maximum atomic E-state index is 6.13. The first-order valence-electron chi connectivity index (χ1n) is 3.52. The van der Waals surface area contributed by atoms with E-state index in [0.717, 1.165) is 6.54 Å². The molecule has 0 N–H and O–H groups in total. The van der Waals surface area contributed by atoms with Gasteiger partial charge in [-0.15, -0.1) is 0 Å². The highest BCUT2D eigenvalue weighted by molar-refractivity contribution is 7.80. The van der Waals surface area contributed by atoms with E-state index in [1.54, 1.807) is 0 Å². The van der Waals surface area contributed by atoms with E-state index in [2.05, 4.69) is 30.4 Å². The number of halogens is 1. The van der Waals surface area contributed by atoms with Gasteiger partial charge in [-0.3, -0.25) is 9.34 Å². The van der Waals surface area contributed by atoms with Crippen LogP contribution in [0, 0.1) is 0 Å². The zero-order chi connectivity index (χ0) is 7.72. The zero-order valence-electron chi connectivity index (χ0n) is 6.71. The maximum Gasteiger partial charge on any atom is 0.140 e. The smallest absolute Gasteiger partial charge is 0.140 e. The Morgan fingerprint density at radius 2 is 2.10 bits per heavy atom.